The third kappa shape index (κ3) is 3.30. The first-order chi connectivity index (χ1) is 10.0. The van der Waals surface area contributed by atoms with E-state index in [1.165, 1.54) is 12.8 Å². The molecule has 2 aliphatic rings. The zero-order chi connectivity index (χ0) is 15.0. The molecular weight excluding hydrogens is 288 g/mol. The first-order valence-corrected chi connectivity index (χ1v) is 9.23. The van der Waals surface area contributed by atoms with Crippen molar-refractivity contribution in [1.29, 1.82) is 0 Å². The van der Waals surface area contributed by atoms with Crippen molar-refractivity contribution >= 4 is 10.0 Å². The van der Waals surface area contributed by atoms with E-state index in [4.69, 9.17) is 0 Å². The van der Waals surface area contributed by atoms with Crippen LogP contribution in [0.5, 0.6) is 0 Å². The average Bonchev–Trinajstić information content (AvgIpc) is 3.35. The van der Waals surface area contributed by atoms with E-state index in [-0.39, 0.29) is 5.03 Å². The number of aromatic nitrogens is 2. The first-order valence-electron chi connectivity index (χ1n) is 7.79. The standard InChI is InChI=1S/C14H24N4O2S/c1-3-18(9-11-4-5-11)21(19,20)14-13(10(2)16-17-14)8-15-12-6-7-12/h11-12,15H,3-9H2,1-2H3,(H,16,17). The van der Waals surface area contributed by atoms with E-state index in [1.54, 1.807) is 4.31 Å². The summed E-state index contributed by atoms with van der Waals surface area (Å²) in [7, 11) is -3.49. The molecule has 118 valence electrons. The lowest BCUT2D eigenvalue weighted by Crippen LogP contribution is -2.34. The van der Waals surface area contributed by atoms with E-state index >= 15 is 0 Å². The van der Waals surface area contributed by atoms with Crippen LogP contribution in [0.3, 0.4) is 0 Å². The van der Waals surface area contributed by atoms with Crippen molar-refractivity contribution in [2.75, 3.05) is 13.1 Å². The Morgan fingerprint density at radius 1 is 1.33 bits per heavy atom. The van der Waals surface area contributed by atoms with Gasteiger partial charge in [0.1, 0.15) is 0 Å². The van der Waals surface area contributed by atoms with Gasteiger partial charge in [-0.2, -0.15) is 9.40 Å². The lowest BCUT2D eigenvalue weighted by atomic mass is 10.2. The summed E-state index contributed by atoms with van der Waals surface area (Å²) < 4.78 is 27.2. The van der Waals surface area contributed by atoms with Crippen molar-refractivity contribution in [1.82, 2.24) is 19.8 Å². The fourth-order valence-corrected chi connectivity index (χ4v) is 4.18. The van der Waals surface area contributed by atoms with Gasteiger partial charge in [-0.3, -0.25) is 5.10 Å². The Hall–Kier alpha value is -0.920. The van der Waals surface area contributed by atoms with E-state index < -0.39 is 10.0 Å². The van der Waals surface area contributed by atoms with E-state index in [1.807, 2.05) is 13.8 Å². The first kappa shape index (κ1) is 15.0. The van der Waals surface area contributed by atoms with E-state index in [9.17, 15) is 8.42 Å². The number of rotatable bonds is 8. The number of hydrogen-bond acceptors (Lipinski definition) is 4. The Morgan fingerprint density at radius 2 is 2.05 bits per heavy atom. The van der Waals surface area contributed by atoms with Gasteiger partial charge in [-0.1, -0.05) is 6.92 Å². The van der Waals surface area contributed by atoms with Crippen LogP contribution in [0.2, 0.25) is 0 Å². The van der Waals surface area contributed by atoms with Gasteiger partial charge in [0.05, 0.1) is 0 Å². The highest BCUT2D eigenvalue weighted by molar-refractivity contribution is 7.89. The van der Waals surface area contributed by atoms with Crippen LogP contribution < -0.4 is 5.32 Å². The van der Waals surface area contributed by atoms with Gasteiger partial charge in [0.2, 0.25) is 0 Å². The van der Waals surface area contributed by atoms with Crippen molar-refractivity contribution in [3.63, 3.8) is 0 Å². The topological polar surface area (TPSA) is 78.1 Å². The van der Waals surface area contributed by atoms with Crippen LogP contribution >= 0.6 is 0 Å². The molecule has 1 aromatic rings. The zero-order valence-electron chi connectivity index (χ0n) is 12.7. The molecule has 0 spiro atoms. The fourth-order valence-electron chi connectivity index (χ4n) is 2.49. The number of aryl methyl sites for hydroxylation is 1. The molecule has 1 aromatic heterocycles. The fraction of sp³-hybridized carbons (Fsp3) is 0.786. The predicted molar refractivity (Wildman–Crippen MR) is 80.3 cm³/mol. The minimum absolute atomic E-state index is 0.204. The van der Waals surface area contributed by atoms with E-state index in [2.05, 4.69) is 15.5 Å². The molecule has 0 amide bonds. The SMILES string of the molecule is CCN(CC1CC1)S(=O)(=O)c1n[nH]c(C)c1CNC1CC1. The normalized spacial score (nSPS) is 19.4. The molecule has 2 N–H and O–H groups in total. The Morgan fingerprint density at radius 3 is 2.62 bits per heavy atom. The maximum atomic E-state index is 12.8. The van der Waals surface area contributed by atoms with Gasteiger partial charge in [0.15, 0.2) is 5.03 Å². The van der Waals surface area contributed by atoms with Crippen molar-refractivity contribution in [2.24, 2.45) is 5.92 Å². The number of aromatic amines is 1. The molecule has 0 saturated heterocycles. The summed E-state index contributed by atoms with van der Waals surface area (Å²) in [5.41, 5.74) is 1.63. The van der Waals surface area contributed by atoms with Gasteiger partial charge < -0.3 is 5.32 Å². The van der Waals surface area contributed by atoms with Crippen LogP contribution in [0.25, 0.3) is 0 Å². The summed E-state index contributed by atoms with van der Waals surface area (Å²) in [6.07, 6.45) is 4.65. The molecule has 7 heteroatoms. The van der Waals surface area contributed by atoms with Crippen LogP contribution in [0.15, 0.2) is 5.03 Å². The minimum Gasteiger partial charge on any atom is -0.310 e. The summed E-state index contributed by atoms with van der Waals surface area (Å²) in [6.45, 7) is 5.47. The monoisotopic (exact) mass is 312 g/mol. The predicted octanol–water partition coefficient (Wildman–Crippen LogP) is 1.39. The van der Waals surface area contributed by atoms with Crippen molar-refractivity contribution in [3.05, 3.63) is 11.3 Å². The molecule has 2 fully saturated rings. The summed E-state index contributed by atoms with van der Waals surface area (Å²) in [5, 5.41) is 10.5. The molecule has 0 radical (unpaired) electrons. The van der Waals surface area contributed by atoms with Gasteiger partial charge in [0, 0.05) is 36.9 Å². The number of sulfonamides is 1. The molecule has 21 heavy (non-hydrogen) atoms. The average molecular weight is 312 g/mol. The highest BCUT2D eigenvalue weighted by Gasteiger charge is 2.34. The maximum Gasteiger partial charge on any atom is 0.262 e. The molecule has 2 aliphatic carbocycles. The molecule has 0 aromatic carbocycles. The number of nitrogens with one attached hydrogen (secondary N) is 2. The summed E-state index contributed by atoms with van der Waals surface area (Å²) >= 11 is 0. The van der Waals surface area contributed by atoms with Gasteiger partial charge in [0.25, 0.3) is 10.0 Å². The van der Waals surface area contributed by atoms with E-state index in [0.717, 1.165) is 24.1 Å². The Bertz CT molecular complexity index is 602. The third-order valence-corrected chi connectivity index (χ3v) is 6.19. The van der Waals surface area contributed by atoms with Crippen LogP contribution in [-0.4, -0.2) is 42.1 Å². The summed E-state index contributed by atoms with van der Waals surface area (Å²) in [4.78, 5) is 0. The molecule has 2 saturated carbocycles. The molecular formula is C14H24N4O2S. The number of nitrogens with zero attached hydrogens (tertiary/aromatic N) is 2. The Balaban J connectivity index is 1.82. The second-order valence-corrected chi connectivity index (χ2v) is 8.04. The van der Waals surface area contributed by atoms with Gasteiger partial charge in [-0.15, -0.1) is 0 Å². The summed E-state index contributed by atoms with van der Waals surface area (Å²) in [6, 6.07) is 0.545. The van der Waals surface area contributed by atoms with Crippen LogP contribution in [0.4, 0.5) is 0 Å². The number of H-pyrrole nitrogens is 1. The largest absolute Gasteiger partial charge is 0.310 e. The maximum absolute atomic E-state index is 12.8. The molecule has 0 atom stereocenters. The Labute approximate surface area is 126 Å². The summed E-state index contributed by atoms with van der Waals surface area (Å²) in [5.74, 6) is 0.535. The van der Waals surface area contributed by atoms with Crippen molar-refractivity contribution < 1.29 is 8.42 Å². The lowest BCUT2D eigenvalue weighted by molar-refractivity contribution is 0.409. The highest BCUT2D eigenvalue weighted by Crippen LogP contribution is 2.32. The van der Waals surface area contributed by atoms with Gasteiger partial charge >= 0.3 is 0 Å². The van der Waals surface area contributed by atoms with Crippen LogP contribution in [0, 0.1) is 12.8 Å². The lowest BCUT2D eigenvalue weighted by Gasteiger charge is -2.19. The minimum atomic E-state index is -3.49. The molecule has 0 bridgehead atoms. The molecule has 1 heterocycles. The van der Waals surface area contributed by atoms with Gasteiger partial charge in [-0.05, 0) is 38.5 Å². The van der Waals surface area contributed by atoms with Crippen molar-refractivity contribution in [2.45, 2.75) is 57.1 Å². The third-order valence-electron chi connectivity index (χ3n) is 4.28. The van der Waals surface area contributed by atoms with E-state index in [0.29, 0.717) is 31.6 Å². The molecule has 0 unspecified atom stereocenters. The molecule has 0 aliphatic heterocycles. The quantitative estimate of drug-likeness (QED) is 0.760. The van der Waals surface area contributed by atoms with Crippen LogP contribution in [-0.2, 0) is 16.6 Å². The highest BCUT2D eigenvalue weighted by atomic mass is 32.2. The van der Waals surface area contributed by atoms with Crippen molar-refractivity contribution in [3.8, 4) is 0 Å². The van der Waals surface area contributed by atoms with Crippen LogP contribution in [0.1, 0.15) is 43.9 Å². The number of hydrogen-bond donors (Lipinski definition) is 2. The molecule has 6 nitrogen and oxygen atoms in total. The molecule has 3 rings (SSSR count). The smallest absolute Gasteiger partial charge is 0.262 e. The Kier molecular flexibility index (Phi) is 4.07. The zero-order valence-corrected chi connectivity index (χ0v) is 13.5. The second-order valence-electron chi connectivity index (χ2n) is 6.19. The second kappa shape index (κ2) is 5.70. The van der Waals surface area contributed by atoms with Gasteiger partial charge in [-0.25, -0.2) is 8.42 Å².